The Labute approximate surface area is 117 Å². The highest BCUT2D eigenvalue weighted by Crippen LogP contribution is 2.26. The van der Waals surface area contributed by atoms with Crippen molar-refractivity contribution in [3.8, 4) is 0 Å². The van der Waals surface area contributed by atoms with Gasteiger partial charge in [0.1, 0.15) is 6.33 Å². The first-order chi connectivity index (χ1) is 9.24. The lowest BCUT2D eigenvalue weighted by Crippen LogP contribution is -2.10. The van der Waals surface area contributed by atoms with Gasteiger partial charge in [0.2, 0.25) is 0 Å². The molecule has 2 heterocycles. The van der Waals surface area contributed by atoms with Crippen LogP contribution in [-0.4, -0.2) is 19.6 Å². The average Bonchev–Trinajstić information content (AvgIpc) is 2.81. The Morgan fingerprint density at radius 1 is 1.32 bits per heavy atom. The summed E-state index contributed by atoms with van der Waals surface area (Å²) in [5, 5.41) is 6.32. The van der Waals surface area contributed by atoms with Crippen molar-refractivity contribution in [1.82, 2.24) is 19.6 Å². The molecule has 0 amide bonds. The number of benzene rings is 1. The number of aromatic nitrogens is 4. The Bertz CT molecular complexity index is 750. The number of alkyl halides is 1. The molecule has 19 heavy (non-hydrogen) atoms. The number of halogens is 1. The van der Waals surface area contributed by atoms with Crippen molar-refractivity contribution in [1.29, 1.82) is 0 Å². The van der Waals surface area contributed by atoms with Gasteiger partial charge in [0, 0.05) is 23.0 Å². The van der Waals surface area contributed by atoms with Crippen molar-refractivity contribution in [3.63, 3.8) is 0 Å². The van der Waals surface area contributed by atoms with Gasteiger partial charge < -0.3 is 0 Å². The van der Waals surface area contributed by atoms with Crippen LogP contribution in [0.2, 0.25) is 0 Å². The molecule has 96 valence electrons. The van der Waals surface area contributed by atoms with Crippen molar-refractivity contribution in [3.05, 3.63) is 64.5 Å². The van der Waals surface area contributed by atoms with Crippen LogP contribution >= 0.6 is 15.9 Å². The molecule has 0 aliphatic heterocycles. The van der Waals surface area contributed by atoms with Gasteiger partial charge in [0.05, 0.1) is 0 Å². The van der Waals surface area contributed by atoms with E-state index < -0.39 is 0 Å². The largest absolute Gasteiger partial charge is 0.348 e. The number of fused-ring (bicyclic) bond motifs is 1. The predicted octanol–water partition coefficient (Wildman–Crippen LogP) is 2.10. The van der Waals surface area contributed by atoms with Gasteiger partial charge in [-0.15, -0.1) is 0 Å². The van der Waals surface area contributed by atoms with Crippen LogP contribution in [-0.2, 0) is 6.42 Å². The number of H-pyrrole nitrogens is 1. The first kappa shape index (κ1) is 12.1. The molecule has 3 rings (SSSR count). The third-order valence-electron chi connectivity index (χ3n) is 2.92. The summed E-state index contributed by atoms with van der Waals surface area (Å²) < 4.78 is 1.38. The molecule has 1 N–H and O–H groups in total. The molecule has 1 atom stereocenters. The fourth-order valence-corrected chi connectivity index (χ4v) is 2.56. The molecule has 0 spiro atoms. The summed E-state index contributed by atoms with van der Waals surface area (Å²) in [5.74, 6) is 0. The van der Waals surface area contributed by atoms with Gasteiger partial charge in [-0.2, -0.15) is 5.10 Å². The maximum Gasteiger partial charge on any atom is 0.348 e. The number of nitrogens with one attached hydrogen (secondary N) is 1. The molecule has 0 aliphatic rings. The topological polar surface area (TPSA) is 63.0 Å². The fourth-order valence-electron chi connectivity index (χ4n) is 1.92. The molecular formula is C13H11BrN4O. The van der Waals surface area contributed by atoms with Crippen molar-refractivity contribution >= 4 is 21.6 Å². The molecule has 0 aliphatic carbocycles. The van der Waals surface area contributed by atoms with E-state index in [2.05, 4.69) is 43.2 Å². The van der Waals surface area contributed by atoms with Gasteiger partial charge in [-0.3, -0.25) is 0 Å². The van der Waals surface area contributed by atoms with Crippen LogP contribution in [0.25, 0.3) is 5.65 Å². The van der Waals surface area contributed by atoms with Gasteiger partial charge in [0.15, 0.2) is 5.65 Å². The fraction of sp³-hybridized carbons (Fsp3) is 0.154. The Kier molecular flexibility index (Phi) is 3.16. The molecule has 0 bridgehead atoms. The minimum atomic E-state index is -0.271. The summed E-state index contributed by atoms with van der Waals surface area (Å²) in [4.78, 5) is 15.8. The standard InChI is InChI=1S/C13H11BrN4O/c14-11(9-4-2-1-3-5-9)6-10-7-12-16-17-13(19)18(12)8-15-10/h1-5,7-8,11H,6H2,(H,17,19). The molecule has 0 radical (unpaired) electrons. The number of nitrogens with zero attached hydrogens (tertiary/aromatic N) is 3. The van der Waals surface area contributed by atoms with Gasteiger partial charge in [-0.05, 0) is 5.56 Å². The predicted molar refractivity (Wildman–Crippen MR) is 75.4 cm³/mol. The van der Waals surface area contributed by atoms with E-state index in [1.165, 1.54) is 16.3 Å². The maximum absolute atomic E-state index is 11.3. The van der Waals surface area contributed by atoms with Gasteiger partial charge in [-0.25, -0.2) is 19.3 Å². The molecule has 2 aromatic heterocycles. The third-order valence-corrected chi connectivity index (χ3v) is 3.77. The minimum absolute atomic E-state index is 0.189. The van der Waals surface area contributed by atoms with Crippen LogP contribution in [0, 0.1) is 0 Å². The molecule has 0 fully saturated rings. The number of hydrogen-bond acceptors (Lipinski definition) is 3. The van der Waals surface area contributed by atoms with E-state index in [1.807, 2.05) is 24.3 Å². The van der Waals surface area contributed by atoms with Gasteiger partial charge >= 0.3 is 5.69 Å². The SMILES string of the molecule is O=c1[nH]nc2cc(CC(Br)c3ccccc3)ncn12. The van der Waals surface area contributed by atoms with Crippen LogP contribution < -0.4 is 5.69 Å². The Hall–Kier alpha value is -1.95. The zero-order valence-electron chi connectivity index (χ0n) is 9.95. The lowest BCUT2D eigenvalue weighted by Gasteiger charge is -2.09. The molecule has 5 nitrogen and oxygen atoms in total. The molecule has 6 heteroatoms. The van der Waals surface area contributed by atoms with E-state index in [1.54, 1.807) is 0 Å². The number of hydrogen-bond donors (Lipinski definition) is 1. The van der Waals surface area contributed by atoms with E-state index in [0.717, 1.165) is 12.1 Å². The highest BCUT2D eigenvalue weighted by molar-refractivity contribution is 9.09. The molecule has 3 aromatic rings. The Balaban J connectivity index is 1.87. The van der Waals surface area contributed by atoms with E-state index in [4.69, 9.17) is 0 Å². The quantitative estimate of drug-likeness (QED) is 0.752. The van der Waals surface area contributed by atoms with Crippen molar-refractivity contribution in [2.45, 2.75) is 11.2 Å². The molecular weight excluding hydrogens is 308 g/mol. The van der Waals surface area contributed by atoms with Crippen molar-refractivity contribution < 1.29 is 0 Å². The number of aromatic amines is 1. The van der Waals surface area contributed by atoms with E-state index in [0.29, 0.717) is 5.65 Å². The number of rotatable bonds is 3. The van der Waals surface area contributed by atoms with Gasteiger partial charge in [-0.1, -0.05) is 46.3 Å². The normalized spacial score (nSPS) is 12.7. The lowest BCUT2D eigenvalue weighted by molar-refractivity contribution is 0.882. The van der Waals surface area contributed by atoms with E-state index in [9.17, 15) is 4.79 Å². The Morgan fingerprint density at radius 3 is 2.89 bits per heavy atom. The summed E-state index contributed by atoms with van der Waals surface area (Å²) in [6.07, 6.45) is 2.24. The van der Waals surface area contributed by atoms with Crippen LogP contribution in [0.15, 0.2) is 47.5 Å². The van der Waals surface area contributed by atoms with Crippen LogP contribution in [0.4, 0.5) is 0 Å². The zero-order valence-corrected chi connectivity index (χ0v) is 11.5. The molecule has 0 saturated carbocycles. The van der Waals surface area contributed by atoms with Crippen molar-refractivity contribution in [2.75, 3.05) is 0 Å². The first-order valence-electron chi connectivity index (χ1n) is 5.85. The Morgan fingerprint density at radius 2 is 2.11 bits per heavy atom. The van der Waals surface area contributed by atoms with Crippen LogP contribution in [0.3, 0.4) is 0 Å². The second-order valence-electron chi connectivity index (χ2n) is 4.22. The first-order valence-corrected chi connectivity index (χ1v) is 6.76. The highest BCUT2D eigenvalue weighted by atomic mass is 79.9. The summed E-state index contributed by atoms with van der Waals surface area (Å²) >= 11 is 3.66. The summed E-state index contributed by atoms with van der Waals surface area (Å²) in [7, 11) is 0. The third kappa shape index (κ3) is 2.44. The maximum atomic E-state index is 11.3. The second kappa shape index (κ2) is 4.97. The summed E-state index contributed by atoms with van der Waals surface area (Å²) in [5.41, 5.74) is 2.40. The highest BCUT2D eigenvalue weighted by Gasteiger charge is 2.10. The lowest BCUT2D eigenvalue weighted by atomic mass is 10.1. The molecule has 1 aromatic carbocycles. The monoisotopic (exact) mass is 318 g/mol. The smallest absolute Gasteiger partial charge is 0.246 e. The van der Waals surface area contributed by atoms with Crippen LogP contribution in [0.1, 0.15) is 16.1 Å². The van der Waals surface area contributed by atoms with Gasteiger partial charge in [0.25, 0.3) is 0 Å². The summed E-state index contributed by atoms with van der Waals surface area (Å²) in [6, 6.07) is 12.0. The molecule has 0 saturated heterocycles. The molecule has 1 unspecified atom stereocenters. The van der Waals surface area contributed by atoms with E-state index in [-0.39, 0.29) is 10.5 Å². The second-order valence-corrected chi connectivity index (χ2v) is 5.32. The summed E-state index contributed by atoms with van der Waals surface area (Å²) in [6.45, 7) is 0. The van der Waals surface area contributed by atoms with Crippen molar-refractivity contribution in [2.24, 2.45) is 0 Å². The zero-order chi connectivity index (χ0) is 13.2. The minimum Gasteiger partial charge on any atom is -0.246 e. The van der Waals surface area contributed by atoms with E-state index >= 15 is 0 Å². The average molecular weight is 319 g/mol. The van der Waals surface area contributed by atoms with Crippen LogP contribution in [0.5, 0.6) is 0 Å².